The van der Waals surface area contributed by atoms with Crippen molar-refractivity contribution in [1.29, 1.82) is 0 Å². The van der Waals surface area contributed by atoms with Gasteiger partial charge in [-0.2, -0.15) is 0 Å². The summed E-state index contributed by atoms with van der Waals surface area (Å²) in [6.45, 7) is 0. The van der Waals surface area contributed by atoms with Gasteiger partial charge in [0.15, 0.2) is 0 Å². The quantitative estimate of drug-likeness (QED) is 0.855. The molecule has 104 valence electrons. The van der Waals surface area contributed by atoms with Gasteiger partial charge in [-0.15, -0.1) is 0 Å². The van der Waals surface area contributed by atoms with Crippen molar-refractivity contribution in [2.45, 2.75) is 0 Å². The molecule has 0 bridgehead atoms. The molecule has 4 nitrogen and oxygen atoms in total. The van der Waals surface area contributed by atoms with E-state index >= 15 is 0 Å². The van der Waals surface area contributed by atoms with Crippen molar-refractivity contribution in [3.8, 4) is 0 Å². The topological polar surface area (TPSA) is 72.3 Å². The number of benzene rings is 2. The Bertz CT molecular complexity index is 658. The molecule has 2 aromatic rings. The smallest absolute Gasteiger partial charge is 0.250 e. The Kier molecular flexibility index (Phi) is 3.81. The van der Waals surface area contributed by atoms with E-state index in [4.69, 9.17) is 23.1 Å². The summed E-state index contributed by atoms with van der Waals surface area (Å²) in [5.41, 5.74) is 12.7. The summed E-state index contributed by atoms with van der Waals surface area (Å²) in [6, 6.07) is 8.79. The first kappa shape index (κ1) is 14.1. The Morgan fingerprint density at radius 3 is 2.40 bits per heavy atom. The van der Waals surface area contributed by atoms with Gasteiger partial charge in [0.2, 0.25) is 0 Å². The highest BCUT2D eigenvalue weighted by Crippen LogP contribution is 2.35. The summed E-state index contributed by atoms with van der Waals surface area (Å²) in [4.78, 5) is 13.2. The fourth-order valence-electron chi connectivity index (χ4n) is 1.94. The van der Waals surface area contributed by atoms with Crippen LogP contribution in [0.3, 0.4) is 0 Å². The van der Waals surface area contributed by atoms with Crippen LogP contribution in [0.5, 0.6) is 0 Å². The van der Waals surface area contributed by atoms with Crippen LogP contribution in [0.1, 0.15) is 10.4 Å². The van der Waals surface area contributed by atoms with Crippen molar-refractivity contribution in [2.75, 3.05) is 17.7 Å². The van der Waals surface area contributed by atoms with Gasteiger partial charge < -0.3 is 16.4 Å². The Hall–Kier alpha value is -2.27. The van der Waals surface area contributed by atoms with E-state index in [9.17, 15) is 9.18 Å². The zero-order chi connectivity index (χ0) is 14.9. The van der Waals surface area contributed by atoms with Crippen LogP contribution >= 0.6 is 11.6 Å². The van der Waals surface area contributed by atoms with Gasteiger partial charge in [0.1, 0.15) is 5.82 Å². The summed E-state index contributed by atoms with van der Waals surface area (Å²) in [5.74, 6) is -0.983. The monoisotopic (exact) mass is 293 g/mol. The summed E-state index contributed by atoms with van der Waals surface area (Å²) in [5, 5.41) is 0.297. The van der Waals surface area contributed by atoms with Crippen LogP contribution < -0.4 is 16.4 Å². The summed E-state index contributed by atoms with van der Waals surface area (Å²) in [7, 11) is 1.71. The number of primary amides is 1. The number of halogens is 2. The zero-order valence-electron chi connectivity index (χ0n) is 10.7. The van der Waals surface area contributed by atoms with Gasteiger partial charge in [0.05, 0.1) is 16.3 Å². The maximum atomic E-state index is 13.0. The highest BCUT2D eigenvalue weighted by Gasteiger charge is 2.18. The predicted octanol–water partition coefficient (Wildman–Crippen LogP) is 2.93. The molecule has 0 heterocycles. The molecule has 0 unspecified atom stereocenters. The average Bonchev–Trinajstić information content (AvgIpc) is 2.37. The predicted molar refractivity (Wildman–Crippen MR) is 78.8 cm³/mol. The minimum Gasteiger partial charge on any atom is -0.399 e. The first-order valence-electron chi connectivity index (χ1n) is 5.78. The second-order valence-corrected chi connectivity index (χ2v) is 4.71. The standard InChI is InChI=1S/C14H13ClFN3O/c1-19(10-4-2-8(16)3-5-10)13-11(14(18)20)6-9(17)7-12(13)15/h2-7H,17H2,1H3,(H2,18,20). The minimum atomic E-state index is -0.636. The molecule has 0 saturated carbocycles. The van der Waals surface area contributed by atoms with Gasteiger partial charge in [-0.1, -0.05) is 11.6 Å². The molecule has 0 saturated heterocycles. The van der Waals surface area contributed by atoms with E-state index in [2.05, 4.69) is 0 Å². The Morgan fingerprint density at radius 1 is 1.25 bits per heavy atom. The van der Waals surface area contributed by atoms with E-state index in [-0.39, 0.29) is 11.4 Å². The van der Waals surface area contributed by atoms with Crippen molar-refractivity contribution >= 4 is 34.6 Å². The summed E-state index contributed by atoms with van der Waals surface area (Å²) < 4.78 is 13.0. The molecular formula is C14H13ClFN3O. The number of nitrogens with two attached hydrogens (primary N) is 2. The van der Waals surface area contributed by atoms with E-state index in [0.717, 1.165) is 0 Å². The van der Waals surface area contributed by atoms with E-state index in [0.29, 0.717) is 22.1 Å². The maximum absolute atomic E-state index is 13.0. The molecule has 0 spiro atoms. The van der Waals surface area contributed by atoms with Gasteiger partial charge in [-0.25, -0.2) is 4.39 Å². The second kappa shape index (κ2) is 5.38. The average molecular weight is 294 g/mol. The first-order valence-corrected chi connectivity index (χ1v) is 6.16. The molecule has 0 aromatic heterocycles. The molecule has 0 atom stereocenters. The highest BCUT2D eigenvalue weighted by atomic mass is 35.5. The molecule has 0 aliphatic carbocycles. The Labute approximate surface area is 120 Å². The van der Waals surface area contributed by atoms with Crippen molar-refractivity contribution in [2.24, 2.45) is 5.73 Å². The molecule has 2 rings (SSSR count). The summed E-state index contributed by atoms with van der Waals surface area (Å²) in [6.07, 6.45) is 0. The third-order valence-electron chi connectivity index (χ3n) is 2.90. The molecule has 4 N–H and O–H groups in total. The number of hydrogen-bond donors (Lipinski definition) is 2. The third kappa shape index (κ3) is 2.67. The van der Waals surface area contributed by atoms with Gasteiger partial charge in [-0.05, 0) is 36.4 Å². The fourth-order valence-corrected chi connectivity index (χ4v) is 2.30. The van der Waals surface area contributed by atoms with Crippen molar-refractivity contribution in [3.63, 3.8) is 0 Å². The molecule has 0 aliphatic heterocycles. The molecule has 0 aliphatic rings. The number of carbonyl (C=O) groups excluding carboxylic acids is 1. The molecule has 1 amide bonds. The van der Waals surface area contributed by atoms with Crippen molar-refractivity contribution < 1.29 is 9.18 Å². The number of nitrogen functional groups attached to an aromatic ring is 1. The molecule has 6 heteroatoms. The Balaban J connectivity index is 2.56. The van der Waals surface area contributed by atoms with Crippen molar-refractivity contribution in [1.82, 2.24) is 0 Å². The van der Waals surface area contributed by atoms with Crippen molar-refractivity contribution in [3.05, 3.63) is 52.8 Å². The van der Waals surface area contributed by atoms with Crippen LogP contribution in [0.25, 0.3) is 0 Å². The van der Waals surface area contributed by atoms with Crippen LogP contribution in [0.2, 0.25) is 5.02 Å². The van der Waals surface area contributed by atoms with Crippen LogP contribution in [0.4, 0.5) is 21.5 Å². The number of amides is 1. The van der Waals surface area contributed by atoms with Gasteiger partial charge >= 0.3 is 0 Å². The molecule has 0 fully saturated rings. The number of anilines is 3. The number of nitrogens with zero attached hydrogens (tertiary/aromatic N) is 1. The van der Waals surface area contributed by atoms with E-state index in [1.165, 1.54) is 24.3 Å². The maximum Gasteiger partial charge on any atom is 0.250 e. The molecule has 0 radical (unpaired) electrons. The van der Waals surface area contributed by atoms with E-state index in [1.54, 1.807) is 24.1 Å². The number of carbonyl (C=O) groups is 1. The highest BCUT2D eigenvalue weighted by molar-refractivity contribution is 6.34. The lowest BCUT2D eigenvalue weighted by Crippen LogP contribution is -2.19. The zero-order valence-corrected chi connectivity index (χ0v) is 11.5. The second-order valence-electron chi connectivity index (χ2n) is 4.30. The minimum absolute atomic E-state index is 0.210. The lowest BCUT2D eigenvalue weighted by molar-refractivity contribution is 0.100. The van der Waals surface area contributed by atoms with Gasteiger partial charge in [-0.3, -0.25) is 4.79 Å². The first-order chi connectivity index (χ1) is 9.40. The number of rotatable bonds is 3. The lowest BCUT2D eigenvalue weighted by atomic mass is 10.1. The van der Waals surface area contributed by atoms with Crippen LogP contribution in [0, 0.1) is 5.82 Å². The van der Waals surface area contributed by atoms with Crippen LogP contribution in [-0.4, -0.2) is 13.0 Å². The largest absolute Gasteiger partial charge is 0.399 e. The molecular weight excluding hydrogens is 281 g/mol. The normalized spacial score (nSPS) is 10.3. The van der Waals surface area contributed by atoms with Crippen LogP contribution in [0.15, 0.2) is 36.4 Å². The van der Waals surface area contributed by atoms with Gasteiger partial charge in [0.25, 0.3) is 5.91 Å². The van der Waals surface area contributed by atoms with E-state index < -0.39 is 5.91 Å². The molecule has 20 heavy (non-hydrogen) atoms. The van der Waals surface area contributed by atoms with E-state index in [1.807, 2.05) is 0 Å². The lowest BCUT2D eigenvalue weighted by Gasteiger charge is -2.23. The van der Waals surface area contributed by atoms with Gasteiger partial charge in [0, 0.05) is 18.4 Å². The summed E-state index contributed by atoms with van der Waals surface area (Å²) >= 11 is 6.15. The third-order valence-corrected chi connectivity index (χ3v) is 3.19. The van der Waals surface area contributed by atoms with Crippen LogP contribution in [-0.2, 0) is 0 Å². The Morgan fingerprint density at radius 2 is 1.85 bits per heavy atom. The number of hydrogen-bond acceptors (Lipinski definition) is 3. The molecule has 2 aromatic carbocycles. The fraction of sp³-hybridized carbons (Fsp3) is 0.0714. The SMILES string of the molecule is CN(c1ccc(F)cc1)c1c(Cl)cc(N)cc1C(N)=O.